The summed E-state index contributed by atoms with van der Waals surface area (Å²) in [7, 11) is 3.40. The summed E-state index contributed by atoms with van der Waals surface area (Å²) in [6, 6.07) is 14.3. The zero-order chi connectivity index (χ0) is 23.1. The summed E-state index contributed by atoms with van der Waals surface area (Å²) in [5.74, 6) is 1.17. The molecule has 0 aliphatic carbocycles. The highest BCUT2D eigenvalue weighted by Crippen LogP contribution is 2.21. The van der Waals surface area contributed by atoms with Gasteiger partial charge in [0, 0.05) is 18.3 Å². The summed E-state index contributed by atoms with van der Waals surface area (Å²) in [5, 5.41) is 14.9. The Labute approximate surface area is 191 Å². The molecule has 1 atom stereocenters. The van der Waals surface area contributed by atoms with Crippen molar-refractivity contribution in [1.29, 1.82) is 0 Å². The lowest BCUT2D eigenvalue weighted by Gasteiger charge is -2.14. The number of carbonyl (C=O) groups excluding carboxylic acids is 2. The van der Waals surface area contributed by atoms with Gasteiger partial charge in [0.25, 0.3) is 5.91 Å². The average Bonchev–Trinajstić information content (AvgIpc) is 3.18. The molecule has 1 aromatic heterocycles. The normalized spacial score (nSPS) is 11.6. The molecule has 1 heterocycles. The summed E-state index contributed by atoms with van der Waals surface area (Å²) in [6.07, 6.45) is 0.844. The van der Waals surface area contributed by atoms with Crippen LogP contribution in [0.4, 0.5) is 5.69 Å². The summed E-state index contributed by atoms with van der Waals surface area (Å²) in [6.45, 7) is 3.89. The van der Waals surface area contributed by atoms with Crippen molar-refractivity contribution in [3.63, 3.8) is 0 Å². The first-order valence-electron chi connectivity index (χ1n) is 10.3. The molecule has 1 unspecified atom stereocenters. The van der Waals surface area contributed by atoms with Crippen LogP contribution in [0.15, 0.2) is 53.7 Å². The van der Waals surface area contributed by atoms with E-state index in [0.717, 1.165) is 17.7 Å². The second-order valence-corrected chi connectivity index (χ2v) is 8.11. The van der Waals surface area contributed by atoms with Crippen molar-refractivity contribution in [2.45, 2.75) is 31.5 Å². The van der Waals surface area contributed by atoms with Gasteiger partial charge in [0.15, 0.2) is 11.0 Å². The highest BCUT2D eigenvalue weighted by molar-refractivity contribution is 7.99. The van der Waals surface area contributed by atoms with E-state index in [1.165, 1.54) is 11.8 Å². The maximum absolute atomic E-state index is 12.5. The minimum Gasteiger partial charge on any atom is -0.497 e. The fourth-order valence-electron chi connectivity index (χ4n) is 3.18. The third-order valence-electron chi connectivity index (χ3n) is 4.96. The smallest absolute Gasteiger partial charge is 0.251 e. The Kier molecular flexibility index (Phi) is 7.88. The van der Waals surface area contributed by atoms with Gasteiger partial charge in [-0.3, -0.25) is 9.59 Å². The molecule has 3 aromatic rings. The number of carbonyl (C=O) groups is 2. The Balaban J connectivity index is 1.58. The summed E-state index contributed by atoms with van der Waals surface area (Å²) in [4.78, 5) is 24.9. The van der Waals surface area contributed by atoms with Crippen molar-refractivity contribution in [2.24, 2.45) is 7.05 Å². The lowest BCUT2D eigenvalue weighted by atomic mass is 10.1. The number of nitrogens with one attached hydrogen (secondary N) is 2. The van der Waals surface area contributed by atoms with Gasteiger partial charge < -0.3 is 19.9 Å². The number of methoxy groups -OCH3 is 1. The molecule has 32 heavy (non-hydrogen) atoms. The number of para-hydroxylation sites is 1. The molecular formula is C23H27N5O3S. The number of ether oxygens (including phenoxy) is 1. The monoisotopic (exact) mass is 453 g/mol. The Morgan fingerprint density at radius 2 is 1.84 bits per heavy atom. The number of benzene rings is 2. The molecule has 3 rings (SSSR count). The number of aryl methyl sites for hydroxylation is 1. The predicted molar refractivity (Wildman–Crippen MR) is 125 cm³/mol. The van der Waals surface area contributed by atoms with E-state index in [2.05, 4.69) is 27.8 Å². The van der Waals surface area contributed by atoms with Crippen molar-refractivity contribution < 1.29 is 14.3 Å². The Hall–Kier alpha value is -3.33. The van der Waals surface area contributed by atoms with Gasteiger partial charge >= 0.3 is 0 Å². The molecule has 2 N–H and O–H groups in total. The highest BCUT2D eigenvalue weighted by Gasteiger charge is 2.19. The fraction of sp³-hybridized carbons (Fsp3) is 0.304. The van der Waals surface area contributed by atoms with Gasteiger partial charge in [0.1, 0.15) is 5.75 Å². The highest BCUT2D eigenvalue weighted by atomic mass is 32.2. The van der Waals surface area contributed by atoms with Crippen LogP contribution >= 0.6 is 11.8 Å². The molecule has 9 heteroatoms. The Morgan fingerprint density at radius 1 is 1.12 bits per heavy atom. The number of hydrogen-bond acceptors (Lipinski definition) is 6. The number of aromatic nitrogens is 3. The van der Waals surface area contributed by atoms with Crippen LogP contribution < -0.4 is 15.4 Å². The molecule has 0 fully saturated rings. The average molecular weight is 454 g/mol. The summed E-state index contributed by atoms with van der Waals surface area (Å²) < 4.78 is 6.91. The minimum absolute atomic E-state index is 0.110. The fourth-order valence-corrected chi connectivity index (χ4v) is 3.90. The van der Waals surface area contributed by atoms with Crippen molar-refractivity contribution in [1.82, 2.24) is 20.1 Å². The van der Waals surface area contributed by atoms with E-state index in [1.807, 2.05) is 38.2 Å². The molecule has 2 amide bonds. The van der Waals surface area contributed by atoms with Gasteiger partial charge in [-0.15, -0.1) is 10.2 Å². The van der Waals surface area contributed by atoms with E-state index in [0.29, 0.717) is 22.3 Å². The van der Waals surface area contributed by atoms with Crippen LogP contribution in [0.5, 0.6) is 5.75 Å². The van der Waals surface area contributed by atoms with Crippen LogP contribution in [-0.2, 0) is 18.3 Å². The lowest BCUT2D eigenvalue weighted by molar-refractivity contribution is -0.113. The van der Waals surface area contributed by atoms with Crippen LogP contribution in [0, 0.1) is 0 Å². The van der Waals surface area contributed by atoms with Gasteiger partial charge in [-0.2, -0.15) is 0 Å². The molecule has 168 valence electrons. The zero-order valence-electron chi connectivity index (χ0n) is 18.6. The second kappa shape index (κ2) is 10.8. The molecule has 0 spiro atoms. The van der Waals surface area contributed by atoms with Crippen LogP contribution in [0.1, 0.15) is 41.6 Å². The quantitative estimate of drug-likeness (QED) is 0.481. The van der Waals surface area contributed by atoms with E-state index in [9.17, 15) is 9.59 Å². The third kappa shape index (κ3) is 5.67. The van der Waals surface area contributed by atoms with Crippen LogP contribution in [0.3, 0.4) is 0 Å². The number of rotatable bonds is 9. The zero-order valence-corrected chi connectivity index (χ0v) is 19.4. The van der Waals surface area contributed by atoms with Crippen LogP contribution in [-0.4, -0.2) is 39.4 Å². The molecule has 0 bridgehead atoms. The maximum atomic E-state index is 12.5. The Bertz CT molecular complexity index is 1080. The molecule has 0 aliphatic heterocycles. The third-order valence-corrected chi connectivity index (χ3v) is 5.98. The predicted octanol–water partition coefficient (Wildman–Crippen LogP) is 3.61. The molecule has 2 aromatic carbocycles. The topological polar surface area (TPSA) is 98.1 Å². The number of amides is 2. The van der Waals surface area contributed by atoms with Crippen molar-refractivity contribution in [3.8, 4) is 5.75 Å². The van der Waals surface area contributed by atoms with Crippen molar-refractivity contribution in [2.75, 3.05) is 18.2 Å². The van der Waals surface area contributed by atoms with Crippen molar-refractivity contribution in [3.05, 3.63) is 65.5 Å². The SMILES string of the molecule is CCc1ccccc1NC(=O)CSc1nnc(C(C)NC(=O)c2ccc(OC)cc2)n1C. The lowest BCUT2D eigenvalue weighted by Crippen LogP contribution is -2.28. The van der Waals surface area contributed by atoms with Gasteiger partial charge in [0.05, 0.1) is 18.9 Å². The first kappa shape index (κ1) is 23.3. The van der Waals surface area contributed by atoms with Gasteiger partial charge in [0.2, 0.25) is 5.91 Å². The standard InChI is InChI=1S/C23H27N5O3S/c1-5-16-8-6-7-9-19(16)25-20(29)14-32-23-27-26-21(28(23)3)15(2)24-22(30)17-10-12-18(31-4)13-11-17/h6-13,15H,5,14H2,1-4H3,(H,24,30)(H,25,29). The van der Waals surface area contributed by atoms with Crippen LogP contribution in [0.2, 0.25) is 0 Å². The molecular weight excluding hydrogens is 426 g/mol. The molecule has 0 aliphatic rings. The summed E-state index contributed by atoms with van der Waals surface area (Å²) in [5.41, 5.74) is 2.45. The molecule has 0 radical (unpaired) electrons. The van der Waals surface area contributed by atoms with E-state index in [-0.39, 0.29) is 23.6 Å². The number of anilines is 1. The molecule has 8 nitrogen and oxygen atoms in total. The Morgan fingerprint density at radius 3 is 2.53 bits per heavy atom. The summed E-state index contributed by atoms with van der Waals surface area (Å²) >= 11 is 1.30. The maximum Gasteiger partial charge on any atom is 0.251 e. The van der Waals surface area contributed by atoms with Gasteiger partial charge in [-0.05, 0) is 49.2 Å². The van der Waals surface area contributed by atoms with E-state index in [4.69, 9.17) is 4.74 Å². The first-order valence-corrected chi connectivity index (χ1v) is 11.3. The van der Waals surface area contributed by atoms with Gasteiger partial charge in [-0.25, -0.2) is 0 Å². The van der Waals surface area contributed by atoms with E-state index >= 15 is 0 Å². The molecule has 0 saturated heterocycles. The second-order valence-electron chi connectivity index (χ2n) is 7.17. The van der Waals surface area contributed by atoms with Crippen molar-refractivity contribution >= 4 is 29.3 Å². The number of thioether (sulfide) groups is 1. The van der Waals surface area contributed by atoms with Crippen LogP contribution in [0.25, 0.3) is 0 Å². The number of nitrogens with zero attached hydrogens (tertiary/aromatic N) is 3. The number of hydrogen-bond donors (Lipinski definition) is 2. The van der Waals surface area contributed by atoms with E-state index < -0.39 is 0 Å². The largest absolute Gasteiger partial charge is 0.497 e. The van der Waals surface area contributed by atoms with Gasteiger partial charge in [-0.1, -0.05) is 36.9 Å². The minimum atomic E-state index is -0.360. The molecule has 0 saturated carbocycles. The van der Waals surface area contributed by atoms with E-state index in [1.54, 1.807) is 35.9 Å². The first-order chi connectivity index (χ1) is 15.4.